The van der Waals surface area contributed by atoms with Gasteiger partial charge in [-0.1, -0.05) is 131 Å². The molecule has 0 N–H and O–H groups in total. The first-order valence-corrected chi connectivity index (χ1v) is 20.8. The van der Waals surface area contributed by atoms with E-state index in [9.17, 15) is 0 Å². The molecule has 7 heteroatoms. The summed E-state index contributed by atoms with van der Waals surface area (Å²) >= 11 is 0. The Balaban J connectivity index is 5.46. The molecule has 0 bridgehead atoms. The van der Waals surface area contributed by atoms with E-state index in [1.807, 2.05) is 12.2 Å². The summed E-state index contributed by atoms with van der Waals surface area (Å²) in [5, 5.41) is 0. The number of allylic oxidation sites excluding steroid dienone is 2. The van der Waals surface area contributed by atoms with E-state index in [1.165, 1.54) is 51.4 Å². The van der Waals surface area contributed by atoms with Crippen molar-refractivity contribution in [2.75, 3.05) is 39.6 Å². The van der Waals surface area contributed by atoms with E-state index in [4.69, 9.17) is 33.2 Å². The third kappa shape index (κ3) is 34.1. The second kappa shape index (κ2) is 40.0. The molecule has 0 fully saturated rings. The fraction of sp³-hybridized carbons (Fsp3) is 0.905. The van der Waals surface area contributed by atoms with E-state index in [1.54, 1.807) is 0 Å². The van der Waals surface area contributed by atoms with Gasteiger partial charge in [-0.15, -0.1) is 0 Å². The highest BCUT2D eigenvalue weighted by atomic mass is 16.8. The molecule has 0 heterocycles. The van der Waals surface area contributed by atoms with Gasteiger partial charge in [0.25, 0.3) is 0 Å². The Morgan fingerprint density at radius 3 is 0.980 bits per heavy atom. The maximum Gasteiger partial charge on any atom is 0.180 e. The van der Waals surface area contributed by atoms with Gasteiger partial charge in [-0.3, -0.25) is 0 Å². The molecule has 2 unspecified atom stereocenters. The molecule has 0 aromatic heterocycles. The lowest BCUT2D eigenvalue weighted by molar-refractivity contribution is -0.208. The van der Waals surface area contributed by atoms with Crippen LogP contribution in [0.2, 0.25) is 0 Å². The first kappa shape index (κ1) is 48.2. The van der Waals surface area contributed by atoms with Gasteiger partial charge in [0.15, 0.2) is 25.2 Å². The van der Waals surface area contributed by atoms with Crippen LogP contribution in [0.1, 0.15) is 183 Å². The van der Waals surface area contributed by atoms with E-state index in [0.29, 0.717) is 13.2 Å². The minimum Gasteiger partial charge on any atom is -0.353 e. The summed E-state index contributed by atoms with van der Waals surface area (Å²) in [7, 11) is 0. The summed E-state index contributed by atoms with van der Waals surface area (Å²) < 4.78 is 43.3. The summed E-state index contributed by atoms with van der Waals surface area (Å²) in [5.74, 6) is 0. The van der Waals surface area contributed by atoms with E-state index < -0.39 is 12.6 Å². The van der Waals surface area contributed by atoms with Crippen LogP contribution in [0.15, 0.2) is 24.3 Å². The van der Waals surface area contributed by atoms with Gasteiger partial charge >= 0.3 is 0 Å². The van der Waals surface area contributed by atoms with Crippen molar-refractivity contribution in [2.24, 2.45) is 0 Å². The summed E-state index contributed by atoms with van der Waals surface area (Å²) in [4.78, 5) is 0. The quantitative estimate of drug-likeness (QED) is 0.0358. The maximum atomic E-state index is 6.49. The van der Waals surface area contributed by atoms with Gasteiger partial charge in [0, 0.05) is 39.3 Å². The molecule has 7 nitrogen and oxygen atoms in total. The van der Waals surface area contributed by atoms with Crippen molar-refractivity contribution < 1.29 is 33.2 Å². The van der Waals surface area contributed by atoms with Crippen molar-refractivity contribution >= 4 is 0 Å². The molecule has 0 radical (unpaired) electrons. The second-order valence-electron chi connectivity index (χ2n) is 13.2. The van der Waals surface area contributed by atoms with Crippen LogP contribution >= 0.6 is 0 Å². The highest BCUT2D eigenvalue weighted by molar-refractivity contribution is 4.90. The Bertz CT molecular complexity index is 610. The molecule has 0 aliphatic carbocycles. The molecule has 0 spiro atoms. The summed E-state index contributed by atoms with van der Waals surface area (Å²) in [6.45, 7) is 17.5. The van der Waals surface area contributed by atoms with E-state index in [0.717, 1.165) is 116 Å². The first-order valence-electron chi connectivity index (χ1n) is 20.8. The molecular formula is C42H82O7. The van der Waals surface area contributed by atoms with E-state index in [2.05, 4.69) is 53.7 Å². The first-order chi connectivity index (χ1) is 24.1. The molecule has 0 amide bonds. The van der Waals surface area contributed by atoms with Gasteiger partial charge in [0.2, 0.25) is 0 Å². The molecular weight excluding hydrogens is 616 g/mol. The van der Waals surface area contributed by atoms with Crippen LogP contribution in [-0.4, -0.2) is 64.8 Å². The maximum absolute atomic E-state index is 6.49. The van der Waals surface area contributed by atoms with Gasteiger partial charge in [-0.25, -0.2) is 0 Å². The highest BCUT2D eigenvalue weighted by Crippen LogP contribution is 2.15. The molecule has 0 aromatic rings. The average Bonchev–Trinajstić information content (AvgIpc) is 3.10. The Morgan fingerprint density at radius 2 is 0.653 bits per heavy atom. The van der Waals surface area contributed by atoms with Crippen LogP contribution < -0.4 is 0 Å². The number of rotatable bonds is 40. The lowest BCUT2D eigenvalue weighted by Crippen LogP contribution is -2.25. The third-order valence-electron chi connectivity index (χ3n) is 8.26. The summed E-state index contributed by atoms with van der Waals surface area (Å²) in [6, 6.07) is 0. The zero-order valence-electron chi connectivity index (χ0n) is 33.3. The van der Waals surface area contributed by atoms with Crippen molar-refractivity contribution in [3.8, 4) is 0 Å². The third-order valence-corrected chi connectivity index (χ3v) is 8.26. The lowest BCUT2D eigenvalue weighted by atomic mass is 10.2. The van der Waals surface area contributed by atoms with Gasteiger partial charge in [0.05, 0.1) is 13.2 Å². The zero-order valence-corrected chi connectivity index (χ0v) is 33.3. The van der Waals surface area contributed by atoms with Crippen LogP contribution in [0.25, 0.3) is 0 Å². The van der Waals surface area contributed by atoms with Crippen LogP contribution in [0.3, 0.4) is 0 Å². The summed E-state index contributed by atoms with van der Waals surface area (Å²) in [5.41, 5.74) is 0. The van der Waals surface area contributed by atoms with Crippen LogP contribution in [0.5, 0.6) is 0 Å². The van der Waals surface area contributed by atoms with Crippen molar-refractivity contribution in [1.29, 1.82) is 0 Å². The van der Waals surface area contributed by atoms with Crippen LogP contribution in [-0.2, 0) is 33.2 Å². The smallest absolute Gasteiger partial charge is 0.180 e. The Morgan fingerprint density at radius 1 is 0.347 bits per heavy atom. The monoisotopic (exact) mass is 699 g/mol. The van der Waals surface area contributed by atoms with Gasteiger partial charge in [-0.05, 0) is 63.5 Å². The minimum atomic E-state index is -0.483. The largest absolute Gasteiger partial charge is 0.353 e. The lowest BCUT2D eigenvalue weighted by Gasteiger charge is -2.22. The molecule has 0 aliphatic rings. The Kier molecular flexibility index (Phi) is 39.3. The van der Waals surface area contributed by atoms with E-state index in [-0.39, 0.29) is 12.6 Å². The van der Waals surface area contributed by atoms with Crippen molar-refractivity contribution in [2.45, 2.75) is 208 Å². The highest BCUT2D eigenvalue weighted by Gasteiger charge is 2.15. The van der Waals surface area contributed by atoms with Crippen LogP contribution in [0.4, 0.5) is 0 Å². The van der Waals surface area contributed by atoms with Crippen LogP contribution in [0, 0.1) is 0 Å². The Hall–Kier alpha value is -0.800. The summed E-state index contributed by atoms with van der Waals surface area (Å²) in [6.07, 6.45) is 31.0. The molecule has 0 aromatic carbocycles. The van der Waals surface area contributed by atoms with Crippen molar-refractivity contribution in [3.05, 3.63) is 24.3 Å². The molecule has 0 saturated heterocycles. The molecule has 2 atom stereocenters. The standard InChI is InChI=1S/C42H82O7/c1-7-13-19-21-27-37-47-41(31-25-23-29-39(43-33-15-9-3)44-34-16-10-4)49-42(48-38-28-22-20-14-8-2)32-26-24-30-40(45-35-17-11-5)46-36-18-12-6/h25-26,31-32,39-42H,7-24,27-30,33-38H2,1-6H3. The number of hydrogen-bond acceptors (Lipinski definition) is 7. The van der Waals surface area contributed by atoms with Gasteiger partial charge in [-0.2, -0.15) is 0 Å². The van der Waals surface area contributed by atoms with Crippen molar-refractivity contribution in [3.63, 3.8) is 0 Å². The molecule has 0 saturated carbocycles. The number of hydrogen-bond donors (Lipinski definition) is 0. The molecule has 0 rings (SSSR count). The average molecular weight is 699 g/mol. The minimum absolute atomic E-state index is 0.172. The van der Waals surface area contributed by atoms with E-state index >= 15 is 0 Å². The Labute approximate surface area is 304 Å². The van der Waals surface area contributed by atoms with Gasteiger partial charge in [0.1, 0.15) is 0 Å². The predicted octanol–water partition coefficient (Wildman–Crippen LogP) is 12.2. The topological polar surface area (TPSA) is 64.6 Å². The zero-order chi connectivity index (χ0) is 35.9. The van der Waals surface area contributed by atoms with Gasteiger partial charge < -0.3 is 33.2 Å². The normalized spacial score (nSPS) is 13.6. The molecule has 292 valence electrons. The SMILES string of the molecule is CCCCCCCOC(C=CCCC(OCCCC)OCCCC)OC(C=CCCC(OCCCC)OCCCC)OCCCCCCC. The van der Waals surface area contributed by atoms with Crippen molar-refractivity contribution in [1.82, 2.24) is 0 Å². The fourth-order valence-corrected chi connectivity index (χ4v) is 4.97. The number of unbranched alkanes of at least 4 members (excludes halogenated alkanes) is 12. The predicted molar refractivity (Wildman–Crippen MR) is 206 cm³/mol. The fourth-order valence-electron chi connectivity index (χ4n) is 4.97. The number of ether oxygens (including phenoxy) is 7. The second-order valence-corrected chi connectivity index (χ2v) is 13.2. The molecule has 49 heavy (non-hydrogen) atoms. The molecule has 0 aliphatic heterocycles.